The van der Waals surface area contributed by atoms with Gasteiger partial charge in [-0.25, -0.2) is 9.79 Å². The normalized spacial score (nSPS) is 14.8. The van der Waals surface area contributed by atoms with Gasteiger partial charge in [-0.1, -0.05) is 53.8 Å². The molecule has 0 spiro atoms. The van der Waals surface area contributed by atoms with Crippen LogP contribution >= 0.6 is 11.3 Å². The lowest BCUT2D eigenvalue weighted by atomic mass is 9.96. The van der Waals surface area contributed by atoms with E-state index in [9.17, 15) is 14.4 Å². The molecule has 40 heavy (non-hydrogen) atoms. The monoisotopic (exact) mass is 554 g/mol. The van der Waals surface area contributed by atoms with E-state index in [0.717, 1.165) is 5.56 Å². The molecule has 0 aliphatic carbocycles. The molecule has 0 amide bonds. The van der Waals surface area contributed by atoms with Gasteiger partial charge in [-0.3, -0.25) is 14.2 Å². The molecule has 1 aromatic heterocycles. The number of aromatic nitrogens is 1. The summed E-state index contributed by atoms with van der Waals surface area (Å²) in [6, 6.07) is 22.8. The lowest BCUT2D eigenvalue weighted by Crippen LogP contribution is -2.39. The van der Waals surface area contributed by atoms with E-state index in [1.165, 1.54) is 22.8 Å². The topological polar surface area (TPSA) is 96.2 Å². The maximum atomic E-state index is 13.8. The fourth-order valence-corrected chi connectivity index (χ4v) is 5.48. The van der Waals surface area contributed by atoms with Crippen LogP contribution in [0.2, 0.25) is 0 Å². The zero-order chi connectivity index (χ0) is 28.2. The minimum atomic E-state index is -0.767. The van der Waals surface area contributed by atoms with Gasteiger partial charge in [0.15, 0.2) is 4.80 Å². The van der Waals surface area contributed by atoms with Gasteiger partial charge < -0.3 is 14.2 Å². The molecule has 202 valence electrons. The van der Waals surface area contributed by atoms with Crippen molar-refractivity contribution in [2.75, 3.05) is 6.61 Å². The van der Waals surface area contributed by atoms with Crippen molar-refractivity contribution in [2.45, 2.75) is 26.8 Å². The van der Waals surface area contributed by atoms with Gasteiger partial charge in [0.05, 0.1) is 28.5 Å². The van der Waals surface area contributed by atoms with Crippen molar-refractivity contribution in [2.24, 2.45) is 4.99 Å². The highest BCUT2D eigenvalue weighted by Gasteiger charge is 2.33. The first-order valence-corrected chi connectivity index (χ1v) is 13.5. The van der Waals surface area contributed by atoms with Crippen molar-refractivity contribution in [3.05, 3.63) is 121 Å². The summed E-state index contributed by atoms with van der Waals surface area (Å²) in [5.74, 6) is 0.721. The third kappa shape index (κ3) is 5.64. The number of hydrogen-bond acceptors (Lipinski definition) is 8. The van der Waals surface area contributed by atoms with Crippen LogP contribution in [-0.2, 0) is 14.3 Å². The number of fused-ring (bicyclic) bond motifs is 1. The largest absolute Gasteiger partial charge is 0.463 e. The van der Waals surface area contributed by atoms with Gasteiger partial charge in [0.2, 0.25) is 0 Å². The summed E-state index contributed by atoms with van der Waals surface area (Å²) >= 11 is 1.24. The number of hydrogen-bond donors (Lipinski definition) is 0. The van der Waals surface area contributed by atoms with Crippen LogP contribution in [0.4, 0.5) is 0 Å². The summed E-state index contributed by atoms with van der Waals surface area (Å²) < 4.78 is 18.4. The number of carbonyl (C=O) groups is 2. The Labute approximate surface area is 234 Å². The number of para-hydroxylation sites is 1. The first-order valence-electron chi connectivity index (χ1n) is 12.6. The number of thiazole rings is 1. The van der Waals surface area contributed by atoms with E-state index in [4.69, 9.17) is 14.2 Å². The highest BCUT2D eigenvalue weighted by molar-refractivity contribution is 7.07. The molecule has 2 heterocycles. The summed E-state index contributed by atoms with van der Waals surface area (Å²) in [5.41, 5.74) is 1.89. The molecule has 9 heteroatoms. The molecule has 0 radical (unpaired) electrons. The van der Waals surface area contributed by atoms with Gasteiger partial charge in [-0.05, 0) is 67.4 Å². The van der Waals surface area contributed by atoms with Crippen molar-refractivity contribution in [1.82, 2.24) is 4.57 Å². The Morgan fingerprint density at radius 2 is 1.70 bits per heavy atom. The second-order valence-corrected chi connectivity index (χ2v) is 9.96. The first kappa shape index (κ1) is 26.8. The maximum absolute atomic E-state index is 13.8. The number of esters is 2. The van der Waals surface area contributed by atoms with E-state index in [2.05, 4.69) is 4.99 Å². The predicted molar refractivity (Wildman–Crippen MR) is 151 cm³/mol. The van der Waals surface area contributed by atoms with E-state index in [0.29, 0.717) is 37.8 Å². The van der Waals surface area contributed by atoms with E-state index >= 15 is 0 Å². The lowest BCUT2D eigenvalue weighted by Gasteiger charge is -2.24. The van der Waals surface area contributed by atoms with Crippen LogP contribution in [0.3, 0.4) is 0 Å². The number of nitrogens with zero attached hydrogens (tertiary/aromatic N) is 2. The average molecular weight is 555 g/mol. The number of ether oxygens (including phenoxy) is 3. The predicted octanol–water partition coefficient (Wildman–Crippen LogP) is 4.52. The van der Waals surface area contributed by atoms with E-state index in [1.807, 2.05) is 54.6 Å². The van der Waals surface area contributed by atoms with Crippen molar-refractivity contribution >= 4 is 29.4 Å². The van der Waals surface area contributed by atoms with Crippen molar-refractivity contribution in [3.63, 3.8) is 0 Å². The lowest BCUT2D eigenvalue weighted by molar-refractivity contribution is -0.139. The van der Waals surface area contributed by atoms with Gasteiger partial charge in [0.25, 0.3) is 5.56 Å². The molecule has 1 atom stereocenters. The van der Waals surface area contributed by atoms with Crippen LogP contribution < -0.4 is 24.4 Å². The molecule has 4 aromatic rings. The zero-order valence-corrected chi connectivity index (χ0v) is 22.9. The molecule has 0 bridgehead atoms. The van der Waals surface area contributed by atoms with Gasteiger partial charge in [-0.2, -0.15) is 0 Å². The summed E-state index contributed by atoms with van der Waals surface area (Å²) in [7, 11) is 0. The number of rotatable bonds is 7. The fraction of sp³-hybridized carbons (Fsp3) is 0.161. The Morgan fingerprint density at radius 3 is 2.40 bits per heavy atom. The molecule has 1 aliphatic heterocycles. The molecule has 1 unspecified atom stereocenters. The summed E-state index contributed by atoms with van der Waals surface area (Å²) in [5, 5.41) is 0. The number of benzene rings is 3. The van der Waals surface area contributed by atoms with Gasteiger partial charge >= 0.3 is 11.9 Å². The van der Waals surface area contributed by atoms with Gasteiger partial charge in [0.1, 0.15) is 17.2 Å². The molecule has 0 N–H and O–H groups in total. The molecule has 8 nitrogen and oxygen atoms in total. The van der Waals surface area contributed by atoms with E-state index < -0.39 is 18.0 Å². The Balaban J connectivity index is 1.59. The smallest absolute Gasteiger partial charge is 0.338 e. The molecular formula is C31H26N2O6S. The van der Waals surface area contributed by atoms with E-state index in [1.54, 1.807) is 44.2 Å². The highest BCUT2D eigenvalue weighted by atomic mass is 32.1. The standard InChI is InChI=1S/C31H26N2O6S/c1-4-37-30(36)27-19(2)32-31-33(28(27)22-13-15-24(16-14-22)38-20(3)34)29(35)26(40-31)18-21-9-8-12-25(17-21)39-23-10-6-5-7-11-23/h5-18,28H,4H2,1-3H3/b26-18-. The second-order valence-electron chi connectivity index (χ2n) is 8.95. The Kier molecular flexibility index (Phi) is 7.75. The SMILES string of the molecule is CCOC(=O)C1=C(C)N=c2s/c(=C\c3cccc(Oc4ccccc4)c3)c(=O)n2C1c1ccc(OC(C)=O)cc1. The average Bonchev–Trinajstić information content (AvgIpc) is 3.23. The molecular weight excluding hydrogens is 528 g/mol. The van der Waals surface area contributed by atoms with Crippen molar-refractivity contribution in [3.8, 4) is 17.2 Å². The zero-order valence-electron chi connectivity index (χ0n) is 22.1. The van der Waals surface area contributed by atoms with Crippen molar-refractivity contribution in [1.29, 1.82) is 0 Å². The Morgan fingerprint density at radius 1 is 0.975 bits per heavy atom. The quantitative estimate of drug-likeness (QED) is 0.246. The molecule has 5 rings (SSSR count). The van der Waals surface area contributed by atoms with E-state index in [-0.39, 0.29) is 17.7 Å². The third-order valence-electron chi connectivity index (χ3n) is 6.11. The van der Waals surface area contributed by atoms with Crippen molar-refractivity contribution < 1.29 is 23.8 Å². The van der Waals surface area contributed by atoms with Crippen LogP contribution in [0.25, 0.3) is 6.08 Å². The minimum Gasteiger partial charge on any atom is -0.463 e. The van der Waals surface area contributed by atoms with Crippen LogP contribution in [0.15, 0.2) is 99.9 Å². The third-order valence-corrected chi connectivity index (χ3v) is 7.09. The second kappa shape index (κ2) is 11.5. The van der Waals surface area contributed by atoms with Crippen LogP contribution in [0.1, 0.15) is 37.9 Å². The molecule has 3 aromatic carbocycles. The number of carbonyl (C=O) groups excluding carboxylic acids is 2. The maximum Gasteiger partial charge on any atom is 0.338 e. The molecule has 0 fully saturated rings. The molecule has 0 saturated carbocycles. The van der Waals surface area contributed by atoms with Gasteiger partial charge in [-0.15, -0.1) is 0 Å². The Hall–Kier alpha value is -4.76. The summed E-state index contributed by atoms with van der Waals surface area (Å²) in [6.45, 7) is 4.95. The highest BCUT2D eigenvalue weighted by Crippen LogP contribution is 2.31. The summed E-state index contributed by atoms with van der Waals surface area (Å²) in [4.78, 5) is 43.3. The van der Waals surface area contributed by atoms with Gasteiger partial charge in [0, 0.05) is 6.92 Å². The van der Waals surface area contributed by atoms with Crippen LogP contribution in [-0.4, -0.2) is 23.1 Å². The van der Waals surface area contributed by atoms with Crippen LogP contribution in [0.5, 0.6) is 17.2 Å². The Bertz CT molecular complexity index is 1790. The molecule has 0 saturated heterocycles. The molecule has 1 aliphatic rings. The summed E-state index contributed by atoms with van der Waals surface area (Å²) in [6.07, 6.45) is 1.78. The number of allylic oxidation sites excluding steroid dienone is 1. The minimum absolute atomic E-state index is 0.180. The first-order chi connectivity index (χ1) is 19.3. The van der Waals surface area contributed by atoms with Crippen LogP contribution in [0, 0.1) is 0 Å². The fourth-order valence-electron chi connectivity index (χ4n) is 4.43.